The first-order chi connectivity index (χ1) is 11.6. The third-order valence-electron chi connectivity index (χ3n) is 3.59. The quantitative estimate of drug-likeness (QED) is 0.540. The minimum Gasteiger partial charge on any atom is -0.495 e. The molecule has 0 atom stereocenters. The zero-order chi connectivity index (χ0) is 17.1. The van der Waals surface area contributed by atoms with Gasteiger partial charge in [0.05, 0.1) is 24.9 Å². The average molecular weight is 363 g/mol. The summed E-state index contributed by atoms with van der Waals surface area (Å²) in [6, 6.07) is 13.2. The number of nitrogens with one attached hydrogen (secondary N) is 2. The Bertz CT molecular complexity index is 895. The van der Waals surface area contributed by atoms with Crippen LogP contribution in [0.1, 0.15) is 0 Å². The number of nitrogens with zero attached hydrogens (tertiary/aromatic N) is 1. The van der Waals surface area contributed by atoms with Crippen LogP contribution >= 0.6 is 23.4 Å². The first-order valence-electron chi connectivity index (χ1n) is 7.31. The SMILES string of the molecule is COc1ccc(NC(=O)CSc2[nH]c3ccccc3[n+]2C)cc1Cl. The number of H-pyrrole nitrogens is 1. The molecule has 0 saturated heterocycles. The lowest BCUT2D eigenvalue weighted by atomic mass is 10.3. The van der Waals surface area contributed by atoms with Gasteiger partial charge in [0.1, 0.15) is 5.75 Å². The van der Waals surface area contributed by atoms with E-state index in [4.69, 9.17) is 16.3 Å². The van der Waals surface area contributed by atoms with Crippen LogP contribution in [0.15, 0.2) is 47.6 Å². The minimum atomic E-state index is -0.0973. The van der Waals surface area contributed by atoms with Crippen molar-refractivity contribution in [2.45, 2.75) is 5.16 Å². The molecule has 0 aliphatic carbocycles. The zero-order valence-electron chi connectivity index (χ0n) is 13.3. The van der Waals surface area contributed by atoms with Crippen molar-refractivity contribution in [2.24, 2.45) is 7.05 Å². The Morgan fingerprint density at radius 3 is 2.83 bits per heavy atom. The number of amides is 1. The number of thioether (sulfide) groups is 1. The Morgan fingerprint density at radius 2 is 2.12 bits per heavy atom. The second-order valence-corrected chi connectivity index (χ2v) is 6.56. The molecule has 24 heavy (non-hydrogen) atoms. The van der Waals surface area contributed by atoms with Crippen LogP contribution < -0.4 is 14.6 Å². The van der Waals surface area contributed by atoms with Gasteiger partial charge in [-0.2, -0.15) is 0 Å². The van der Waals surface area contributed by atoms with Crippen LogP contribution in [0.2, 0.25) is 5.02 Å². The normalized spacial score (nSPS) is 10.8. The highest BCUT2D eigenvalue weighted by atomic mass is 35.5. The van der Waals surface area contributed by atoms with Crippen LogP contribution in [0.25, 0.3) is 11.0 Å². The summed E-state index contributed by atoms with van der Waals surface area (Å²) in [7, 11) is 3.53. The first-order valence-corrected chi connectivity index (χ1v) is 8.68. The number of hydrogen-bond acceptors (Lipinski definition) is 3. The van der Waals surface area contributed by atoms with Gasteiger partial charge in [0.25, 0.3) is 0 Å². The molecule has 1 amide bonds. The van der Waals surface area contributed by atoms with Gasteiger partial charge in [-0.15, -0.1) is 0 Å². The third-order valence-corrected chi connectivity index (χ3v) is 4.94. The first kappa shape index (κ1) is 16.7. The summed E-state index contributed by atoms with van der Waals surface area (Å²) in [6.07, 6.45) is 0. The number of fused-ring (bicyclic) bond motifs is 1. The van der Waals surface area contributed by atoms with E-state index in [-0.39, 0.29) is 5.91 Å². The number of aromatic nitrogens is 2. The monoisotopic (exact) mass is 362 g/mol. The van der Waals surface area contributed by atoms with Crippen molar-refractivity contribution < 1.29 is 14.1 Å². The van der Waals surface area contributed by atoms with Gasteiger partial charge in [0, 0.05) is 5.69 Å². The molecule has 5 nitrogen and oxygen atoms in total. The van der Waals surface area contributed by atoms with Crippen molar-refractivity contribution >= 4 is 46.0 Å². The number of ether oxygens (including phenoxy) is 1. The molecule has 1 heterocycles. The molecule has 0 aliphatic rings. The lowest BCUT2D eigenvalue weighted by Crippen LogP contribution is -2.29. The van der Waals surface area contributed by atoms with Crippen molar-refractivity contribution in [3.63, 3.8) is 0 Å². The number of imidazole rings is 1. The van der Waals surface area contributed by atoms with Crippen LogP contribution in [0.5, 0.6) is 5.75 Å². The summed E-state index contributed by atoms with van der Waals surface area (Å²) in [5.74, 6) is 0.777. The molecular weight excluding hydrogens is 346 g/mol. The van der Waals surface area contributed by atoms with E-state index in [1.54, 1.807) is 25.3 Å². The minimum absolute atomic E-state index is 0.0973. The molecule has 2 aromatic carbocycles. The second kappa shape index (κ2) is 7.15. The maximum Gasteiger partial charge on any atom is 0.317 e. The van der Waals surface area contributed by atoms with Gasteiger partial charge in [-0.3, -0.25) is 4.79 Å². The number of aromatic amines is 1. The standard InChI is InChI=1S/C17H16ClN3O2S/c1-21-14-6-4-3-5-13(14)20-17(21)24-10-16(22)19-11-7-8-15(23-2)12(18)9-11/h3-9H,10H2,1-2H3,(H,19,22)/p+1. The second-order valence-electron chi connectivity index (χ2n) is 5.19. The fourth-order valence-electron chi connectivity index (χ4n) is 2.39. The molecule has 3 aromatic rings. The molecule has 0 saturated carbocycles. The van der Waals surface area contributed by atoms with E-state index in [1.807, 2.05) is 35.9 Å². The molecule has 2 N–H and O–H groups in total. The molecule has 0 spiro atoms. The number of methoxy groups -OCH3 is 1. The van der Waals surface area contributed by atoms with Crippen LogP contribution in [-0.4, -0.2) is 23.8 Å². The third kappa shape index (κ3) is 3.49. The Hall–Kier alpha value is -2.18. The zero-order valence-corrected chi connectivity index (χ0v) is 14.9. The Kier molecular flexibility index (Phi) is 4.97. The summed E-state index contributed by atoms with van der Waals surface area (Å²) in [5.41, 5.74) is 2.79. The molecule has 0 unspecified atom stereocenters. The highest BCUT2D eigenvalue weighted by Gasteiger charge is 2.17. The fraction of sp³-hybridized carbons (Fsp3) is 0.176. The summed E-state index contributed by atoms with van der Waals surface area (Å²) >= 11 is 7.51. The molecule has 0 bridgehead atoms. The van der Waals surface area contributed by atoms with E-state index in [0.29, 0.717) is 22.2 Å². The lowest BCUT2D eigenvalue weighted by molar-refractivity contribution is -0.683. The Balaban J connectivity index is 1.64. The van der Waals surface area contributed by atoms with E-state index in [2.05, 4.69) is 10.3 Å². The highest BCUT2D eigenvalue weighted by Crippen LogP contribution is 2.27. The van der Waals surface area contributed by atoms with Crippen LogP contribution in [0.3, 0.4) is 0 Å². The number of hydrogen-bond donors (Lipinski definition) is 2. The van der Waals surface area contributed by atoms with E-state index < -0.39 is 0 Å². The highest BCUT2D eigenvalue weighted by molar-refractivity contribution is 7.99. The fourth-order valence-corrected chi connectivity index (χ4v) is 3.46. The number of halogens is 1. The molecule has 124 valence electrons. The van der Waals surface area contributed by atoms with Gasteiger partial charge in [0.15, 0.2) is 11.0 Å². The number of rotatable bonds is 5. The van der Waals surface area contributed by atoms with Gasteiger partial charge in [-0.1, -0.05) is 23.7 Å². The van der Waals surface area contributed by atoms with Crippen molar-refractivity contribution in [1.29, 1.82) is 0 Å². The summed E-state index contributed by atoms with van der Waals surface area (Å²) in [6.45, 7) is 0. The van der Waals surface area contributed by atoms with Crippen LogP contribution in [0, 0.1) is 0 Å². The smallest absolute Gasteiger partial charge is 0.317 e. The largest absolute Gasteiger partial charge is 0.495 e. The van der Waals surface area contributed by atoms with Gasteiger partial charge in [-0.25, -0.2) is 9.55 Å². The summed E-state index contributed by atoms with van der Waals surface area (Å²) in [4.78, 5) is 15.5. The van der Waals surface area contributed by atoms with E-state index in [1.165, 1.54) is 11.8 Å². The number of anilines is 1. The number of carbonyl (C=O) groups is 1. The van der Waals surface area contributed by atoms with Crippen molar-refractivity contribution in [3.8, 4) is 5.75 Å². The number of para-hydroxylation sites is 2. The van der Waals surface area contributed by atoms with E-state index >= 15 is 0 Å². The van der Waals surface area contributed by atoms with Gasteiger partial charge in [-0.05, 0) is 42.1 Å². The van der Waals surface area contributed by atoms with Crippen LogP contribution in [0.4, 0.5) is 5.69 Å². The van der Waals surface area contributed by atoms with E-state index in [0.717, 1.165) is 16.2 Å². The Morgan fingerprint density at radius 1 is 1.33 bits per heavy atom. The predicted octanol–water partition coefficient (Wildman–Crippen LogP) is 3.39. The molecule has 0 aliphatic heterocycles. The van der Waals surface area contributed by atoms with Gasteiger partial charge >= 0.3 is 5.16 Å². The molecular formula is C17H17ClN3O2S+. The number of benzene rings is 2. The van der Waals surface area contributed by atoms with Crippen molar-refractivity contribution in [3.05, 3.63) is 47.5 Å². The van der Waals surface area contributed by atoms with Crippen molar-refractivity contribution in [2.75, 3.05) is 18.2 Å². The van der Waals surface area contributed by atoms with Gasteiger partial charge < -0.3 is 10.1 Å². The topological polar surface area (TPSA) is 58.0 Å². The average Bonchev–Trinajstić information content (AvgIpc) is 2.90. The number of aryl methyl sites for hydroxylation is 1. The molecule has 3 rings (SSSR count). The lowest BCUT2D eigenvalue weighted by Gasteiger charge is -2.07. The van der Waals surface area contributed by atoms with E-state index in [9.17, 15) is 4.79 Å². The summed E-state index contributed by atoms with van der Waals surface area (Å²) < 4.78 is 7.14. The Labute approximate surface area is 149 Å². The summed E-state index contributed by atoms with van der Waals surface area (Å²) in [5, 5.41) is 4.23. The van der Waals surface area contributed by atoms with Crippen molar-refractivity contribution in [1.82, 2.24) is 4.98 Å². The van der Waals surface area contributed by atoms with Gasteiger partial charge in [0.2, 0.25) is 5.91 Å². The van der Waals surface area contributed by atoms with Crippen LogP contribution in [-0.2, 0) is 11.8 Å². The molecule has 7 heteroatoms. The number of carbonyl (C=O) groups excluding carboxylic acids is 1. The molecule has 1 aromatic heterocycles. The predicted molar refractivity (Wildman–Crippen MR) is 96.8 cm³/mol. The maximum atomic E-state index is 12.1. The molecule has 0 fully saturated rings. The maximum absolute atomic E-state index is 12.1. The molecule has 0 radical (unpaired) electrons.